The molecule has 0 radical (unpaired) electrons. The standard InChI is InChI=1S/C12H16N2OS.C8H9NO/c1-10-2-3-11(9-13-10)8-12(16)14-4-6-15-7-5-14;1-6-3-4-8(5-9-6)7(2)10/h2-3,9H,4-8H2,1H3;3-5H,1-2H3. The Morgan fingerprint density at radius 2 is 1.69 bits per heavy atom. The molecule has 1 saturated heterocycles. The van der Waals surface area contributed by atoms with Gasteiger partial charge in [0.05, 0.1) is 18.2 Å². The van der Waals surface area contributed by atoms with Crippen LogP contribution in [0.5, 0.6) is 0 Å². The minimum absolute atomic E-state index is 0.0625. The summed E-state index contributed by atoms with van der Waals surface area (Å²) in [6, 6.07) is 7.73. The van der Waals surface area contributed by atoms with E-state index in [0.29, 0.717) is 5.56 Å². The van der Waals surface area contributed by atoms with Crippen molar-refractivity contribution in [2.45, 2.75) is 27.2 Å². The van der Waals surface area contributed by atoms with Gasteiger partial charge in [0, 0.05) is 48.9 Å². The first kappa shape index (κ1) is 20.1. The predicted octanol–water partition coefficient (Wildman–Crippen LogP) is 3.18. The highest BCUT2D eigenvalue weighted by atomic mass is 32.1. The Balaban J connectivity index is 0.000000209. The summed E-state index contributed by atoms with van der Waals surface area (Å²) in [7, 11) is 0. The second-order valence-corrected chi connectivity index (χ2v) is 6.69. The molecular weight excluding hydrogens is 346 g/mol. The van der Waals surface area contributed by atoms with Crippen LogP contribution in [0.15, 0.2) is 36.7 Å². The average molecular weight is 372 g/mol. The first-order valence-electron chi connectivity index (χ1n) is 8.66. The fourth-order valence-corrected chi connectivity index (χ4v) is 2.73. The van der Waals surface area contributed by atoms with Crippen LogP contribution in [0.4, 0.5) is 0 Å². The number of morpholine rings is 1. The highest BCUT2D eigenvalue weighted by Crippen LogP contribution is 2.06. The average Bonchev–Trinajstić information content (AvgIpc) is 2.65. The summed E-state index contributed by atoms with van der Waals surface area (Å²) in [6.07, 6.45) is 4.31. The number of hydrogen-bond donors (Lipinski definition) is 0. The van der Waals surface area contributed by atoms with Crippen molar-refractivity contribution in [3.05, 3.63) is 59.2 Å². The van der Waals surface area contributed by atoms with Crippen LogP contribution < -0.4 is 0 Å². The van der Waals surface area contributed by atoms with Crippen molar-refractivity contribution in [2.24, 2.45) is 0 Å². The van der Waals surface area contributed by atoms with E-state index in [0.717, 1.165) is 49.1 Å². The van der Waals surface area contributed by atoms with Gasteiger partial charge in [-0.15, -0.1) is 0 Å². The molecule has 2 aromatic heterocycles. The number of pyridine rings is 2. The van der Waals surface area contributed by atoms with Crippen LogP contribution in [0, 0.1) is 13.8 Å². The lowest BCUT2D eigenvalue weighted by molar-refractivity contribution is 0.0684. The molecular formula is C20H25N3O2S. The minimum Gasteiger partial charge on any atom is -0.378 e. The van der Waals surface area contributed by atoms with Gasteiger partial charge in [-0.2, -0.15) is 0 Å². The van der Waals surface area contributed by atoms with Crippen LogP contribution in [0.2, 0.25) is 0 Å². The molecule has 138 valence electrons. The quantitative estimate of drug-likeness (QED) is 0.610. The van der Waals surface area contributed by atoms with Crippen LogP contribution in [0.1, 0.15) is 34.2 Å². The van der Waals surface area contributed by atoms with Gasteiger partial charge in [0.2, 0.25) is 0 Å². The van der Waals surface area contributed by atoms with Crippen molar-refractivity contribution in [2.75, 3.05) is 26.3 Å². The zero-order valence-corrected chi connectivity index (χ0v) is 16.4. The van der Waals surface area contributed by atoms with Gasteiger partial charge in [-0.05, 0) is 44.5 Å². The second-order valence-electron chi connectivity index (χ2n) is 6.22. The number of ketones is 1. The van der Waals surface area contributed by atoms with Crippen molar-refractivity contribution in [1.29, 1.82) is 0 Å². The molecule has 0 atom stereocenters. The fraction of sp³-hybridized carbons (Fsp3) is 0.400. The van der Waals surface area contributed by atoms with E-state index in [-0.39, 0.29) is 5.78 Å². The Labute approximate surface area is 160 Å². The Hall–Kier alpha value is -2.18. The van der Waals surface area contributed by atoms with Gasteiger partial charge in [-0.3, -0.25) is 14.8 Å². The maximum atomic E-state index is 10.7. The van der Waals surface area contributed by atoms with Gasteiger partial charge < -0.3 is 9.64 Å². The molecule has 3 heterocycles. The molecule has 6 heteroatoms. The lowest BCUT2D eigenvalue weighted by Crippen LogP contribution is -2.40. The molecule has 0 unspecified atom stereocenters. The molecule has 0 saturated carbocycles. The summed E-state index contributed by atoms with van der Waals surface area (Å²) >= 11 is 5.43. The van der Waals surface area contributed by atoms with Crippen molar-refractivity contribution in [3.63, 3.8) is 0 Å². The SMILES string of the molecule is CC(=O)c1ccc(C)nc1.Cc1ccc(CC(=S)N2CCOCC2)cn1. The van der Waals surface area contributed by atoms with E-state index in [1.807, 2.05) is 32.2 Å². The number of carbonyl (C=O) groups excluding carboxylic acids is 1. The number of ether oxygens (including phenoxy) is 1. The van der Waals surface area contributed by atoms with Crippen molar-refractivity contribution in [3.8, 4) is 0 Å². The first-order chi connectivity index (χ1) is 12.5. The number of aryl methyl sites for hydroxylation is 2. The molecule has 0 N–H and O–H groups in total. The van der Waals surface area contributed by atoms with Crippen molar-refractivity contribution >= 4 is 23.0 Å². The molecule has 26 heavy (non-hydrogen) atoms. The first-order valence-corrected chi connectivity index (χ1v) is 9.07. The maximum absolute atomic E-state index is 10.7. The van der Waals surface area contributed by atoms with Gasteiger partial charge >= 0.3 is 0 Å². The number of Topliss-reactive ketones (excluding diaryl/α,β-unsaturated/α-hetero) is 1. The van der Waals surface area contributed by atoms with Crippen LogP contribution in [-0.2, 0) is 11.2 Å². The molecule has 3 rings (SSSR count). The van der Waals surface area contributed by atoms with Gasteiger partial charge in [-0.25, -0.2) is 0 Å². The molecule has 0 aromatic carbocycles. The minimum atomic E-state index is 0.0625. The molecule has 2 aromatic rings. The third kappa shape index (κ3) is 6.61. The topological polar surface area (TPSA) is 55.3 Å². The van der Waals surface area contributed by atoms with E-state index in [2.05, 4.69) is 20.9 Å². The van der Waals surface area contributed by atoms with E-state index in [9.17, 15) is 4.79 Å². The zero-order valence-electron chi connectivity index (χ0n) is 15.6. The Morgan fingerprint density at radius 1 is 1.08 bits per heavy atom. The molecule has 0 amide bonds. The molecule has 0 aliphatic carbocycles. The molecule has 1 fully saturated rings. The van der Waals surface area contributed by atoms with Crippen LogP contribution in [0.3, 0.4) is 0 Å². The Bertz CT molecular complexity index is 724. The predicted molar refractivity (Wildman–Crippen MR) is 107 cm³/mol. The molecule has 0 spiro atoms. The molecule has 0 bridgehead atoms. The lowest BCUT2D eigenvalue weighted by atomic mass is 10.2. The number of aromatic nitrogens is 2. The van der Waals surface area contributed by atoms with Crippen LogP contribution >= 0.6 is 12.2 Å². The summed E-state index contributed by atoms with van der Waals surface area (Å²) in [5, 5.41) is 0. The smallest absolute Gasteiger partial charge is 0.161 e. The monoisotopic (exact) mass is 371 g/mol. The number of thiocarbonyl (C=S) groups is 1. The third-order valence-electron chi connectivity index (χ3n) is 4.01. The number of carbonyl (C=O) groups is 1. The summed E-state index contributed by atoms with van der Waals surface area (Å²) in [5.74, 6) is 0.0625. The van der Waals surface area contributed by atoms with Crippen molar-refractivity contribution < 1.29 is 9.53 Å². The highest BCUT2D eigenvalue weighted by Gasteiger charge is 2.13. The van der Waals surface area contributed by atoms with Crippen LogP contribution in [-0.4, -0.2) is 51.9 Å². The van der Waals surface area contributed by atoms with Gasteiger partial charge in [0.1, 0.15) is 0 Å². The zero-order chi connectivity index (χ0) is 18.9. The second kappa shape index (κ2) is 10.1. The number of rotatable bonds is 3. The summed E-state index contributed by atoms with van der Waals surface area (Å²) in [6.45, 7) is 8.81. The molecule has 5 nitrogen and oxygen atoms in total. The third-order valence-corrected chi connectivity index (χ3v) is 4.41. The van der Waals surface area contributed by atoms with Gasteiger partial charge in [0.25, 0.3) is 0 Å². The number of nitrogens with zero attached hydrogens (tertiary/aromatic N) is 3. The van der Waals surface area contributed by atoms with E-state index >= 15 is 0 Å². The Morgan fingerprint density at radius 3 is 2.19 bits per heavy atom. The molecule has 1 aliphatic heterocycles. The van der Waals surface area contributed by atoms with E-state index in [1.54, 1.807) is 12.3 Å². The molecule has 1 aliphatic rings. The van der Waals surface area contributed by atoms with Gasteiger partial charge in [-0.1, -0.05) is 18.3 Å². The fourth-order valence-electron chi connectivity index (χ4n) is 2.38. The maximum Gasteiger partial charge on any atom is 0.161 e. The van der Waals surface area contributed by atoms with E-state index < -0.39 is 0 Å². The summed E-state index contributed by atoms with van der Waals surface area (Å²) < 4.78 is 5.30. The lowest BCUT2D eigenvalue weighted by Gasteiger charge is -2.29. The largest absolute Gasteiger partial charge is 0.378 e. The highest BCUT2D eigenvalue weighted by molar-refractivity contribution is 7.80. The normalized spacial score (nSPS) is 13.6. The summed E-state index contributed by atoms with van der Waals surface area (Å²) in [4.78, 5) is 22.2. The van der Waals surface area contributed by atoms with E-state index in [1.165, 1.54) is 12.5 Å². The van der Waals surface area contributed by atoms with Crippen molar-refractivity contribution in [1.82, 2.24) is 14.9 Å². The van der Waals surface area contributed by atoms with E-state index in [4.69, 9.17) is 17.0 Å². The van der Waals surface area contributed by atoms with Gasteiger partial charge in [0.15, 0.2) is 5.78 Å². The number of hydrogen-bond acceptors (Lipinski definition) is 5. The summed E-state index contributed by atoms with van der Waals surface area (Å²) in [5.41, 5.74) is 3.83. The van der Waals surface area contributed by atoms with Crippen LogP contribution in [0.25, 0.3) is 0 Å². The Kier molecular flexibility index (Phi) is 7.81.